The van der Waals surface area contributed by atoms with Gasteiger partial charge in [0, 0.05) is 56.5 Å². The molecule has 3 heterocycles. The molecule has 0 atom stereocenters. The van der Waals surface area contributed by atoms with Crippen molar-refractivity contribution in [2.75, 3.05) is 31.1 Å². The van der Waals surface area contributed by atoms with Gasteiger partial charge in [-0.3, -0.25) is 9.78 Å². The first-order valence-electron chi connectivity index (χ1n) is 7.65. The molecule has 1 fully saturated rings. The van der Waals surface area contributed by atoms with Crippen LogP contribution in [0.15, 0.2) is 30.5 Å². The quantitative estimate of drug-likeness (QED) is 0.851. The Hall–Kier alpha value is -2.30. The molecule has 0 spiro atoms. The lowest BCUT2D eigenvalue weighted by molar-refractivity contribution is 0.0737. The summed E-state index contributed by atoms with van der Waals surface area (Å²) in [7, 11) is 1.91. The molecule has 3 rings (SSSR count). The molecule has 2 aromatic heterocycles. The van der Waals surface area contributed by atoms with Crippen molar-refractivity contribution >= 4 is 11.6 Å². The number of carbonyl (C=O) groups excluding carboxylic acids is 1. The van der Waals surface area contributed by atoms with Crippen molar-refractivity contribution in [2.45, 2.75) is 13.8 Å². The summed E-state index contributed by atoms with van der Waals surface area (Å²) in [6.07, 6.45) is 1.91. The second kappa shape index (κ2) is 5.83. The zero-order valence-corrected chi connectivity index (χ0v) is 13.4. The average Bonchev–Trinajstić information content (AvgIpc) is 2.92. The van der Waals surface area contributed by atoms with Crippen LogP contribution in [0.3, 0.4) is 0 Å². The normalized spacial score (nSPS) is 15.2. The van der Waals surface area contributed by atoms with Crippen molar-refractivity contribution in [1.29, 1.82) is 0 Å². The van der Waals surface area contributed by atoms with Gasteiger partial charge in [-0.05, 0) is 38.1 Å². The molecule has 0 unspecified atom stereocenters. The number of rotatable bonds is 2. The van der Waals surface area contributed by atoms with E-state index in [0.717, 1.165) is 43.3 Å². The third kappa shape index (κ3) is 2.84. The predicted octanol–water partition coefficient (Wildman–Crippen LogP) is 2.00. The molecule has 1 amide bonds. The lowest BCUT2D eigenvalue weighted by atomic mass is 10.2. The van der Waals surface area contributed by atoms with E-state index >= 15 is 0 Å². The maximum absolute atomic E-state index is 12.5. The van der Waals surface area contributed by atoms with Crippen LogP contribution in [0.1, 0.15) is 21.9 Å². The largest absolute Gasteiger partial charge is 0.368 e. The molecular weight excluding hydrogens is 276 g/mol. The van der Waals surface area contributed by atoms with Crippen molar-refractivity contribution < 1.29 is 4.79 Å². The predicted molar refractivity (Wildman–Crippen MR) is 87.2 cm³/mol. The minimum atomic E-state index is 0.120. The van der Waals surface area contributed by atoms with Crippen molar-refractivity contribution in [3.63, 3.8) is 0 Å². The van der Waals surface area contributed by atoms with Crippen LogP contribution in [0.4, 0.5) is 5.69 Å². The summed E-state index contributed by atoms with van der Waals surface area (Å²) in [6.45, 7) is 7.27. The number of aromatic nitrogens is 2. The van der Waals surface area contributed by atoms with Crippen LogP contribution in [-0.4, -0.2) is 46.5 Å². The van der Waals surface area contributed by atoms with Crippen molar-refractivity contribution in [2.24, 2.45) is 7.05 Å². The molecule has 0 aromatic carbocycles. The third-order valence-corrected chi connectivity index (χ3v) is 4.16. The molecule has 1 aliphatic heterocycles. The zero-order valence-electron chi connectivity index (χ0n) is 13.4. The molecule has 2 aromatic rings. The van der Waals surface area contributed by atoms with Crippen molar-refractivity contribution in [1.82, 2.24) is 14.5 Å². The highest BCUT2D eigenvalue weighted by Gasteiger charge is 2.23. The van der Waals surface area contributed by atoms with Gasteiger partial charge in [0.2, 0.25) is 0 Å². The fraction of sp³-hybridized carbons (Fsp3) is 0.412. The van der Waals surface area contributed by atoms with Gasteiger partial charge in [-0.15, -0.1) is 0 Å². The van der Waals surface area contributed by atoms with Crippen LogP contribution in [0.5, 0.6) is 0 Å². The summed E-state index contributed by atoms with van der Waals surface area (Å²) in [6, 6.07) is 8.01. The number of anilines is 1. The maximum Gasteiger partial charge on any atom is 0.270 e. The average molecular weight is 298 g/mol. The molecule has 0 bridgehead atoms. The van der Waals surface area contributed by atoms with Gasteiger partial charge in [0.15, 0.2) is 0 Å². The van der Waals surface area contributed by atoms with Crippen LogP contribution in [0.25, 0.3) is 0 Å². The van der Waals surface area contributed by atoms with E-state index in [2.05, 4.69) is 22.0 Å². The van der Waals surface area contributed by atoms with E-state index < -0.39 is 0 Å². The fourth-order valence-corrected chi connectivity index (χ4v) is 3.01. The van der Waals surface area contributed by atoms with Crippen molar-refractivity contribution in [3.8, 4) is 0 Å². The molecule has 1 saturated heterocycles. The standard InChI is InChI=1S/C17H22N4O/c1-13-11-15(12-14(2)18-13)20-7-9-21(10-8-20)17(22)16-5-4-6-19(16)3/h4-6,11-12H,7-10H2,1-3H3. The van der Waals surface area contributed by atoms with Crippen LogP contribution >= 0.6 is 0 Å². The molecule has 0 aliphatic carbocycles. The summed E-state index contributed by atoms with van der Waals surface area (Å²) in [5.41, 5.74) is 4.04. The van der Waals surface area contributed by atoms with Gasteiger partial charge in [-0.2, -0.15) is 0 Å². The van der Waals surface area contributed by atoms with Gasteiger partial charge in [0.05, 0.1) is 0 Å². The highest BCUT2D eigenvalue weighted by molar-refractivity contribution is 5.92. The van der Waals surface area contributed by atoms with Crippen LogP contribution in [0, 0.1) is 13.8 Å². The van der Waals surface area contributed by atoms with Crippen LogP contribution in [0.2, 0.25) is 0 Å². The Morgan fingerprint density at radius 3 is 2.27 bits per heavy atom. The molecular formula is C17H22N4O. The Labute approximate surface area is 131 Å². The molecule has 0 N–H and O–H groups in total. The van der Waals surface area contributed by atoms with E-state index in [4.69, 9.17) is 0 Å². The number of amides is 1. The van der Waals surface area contributed by atoms with Crippen molar-refractivity contribution in [3.05, 3.63) is 47.5 Å². The topological polar surface area (TPSA) is 41.4 Å². The Morgan fingerprint density at radius 1 is 1.09 bits per heavy atom. The van der Waals surface area contributed by atoms with E-state index in [9.17, 15) is 4.79 Å². The molecule has 0 saturated carbocycles. The number of hydrogen-bond acceptors (Lipinski definition) is 3. The first-order chi connectivity index (χ1) is 10.5. The van der Waals surface area contributed by atoms with Gasteiger partial charge in [0.25, 0.3) is 5.91 Å². The van der Waals surface area contributed by atoms with E-state index in [1.165, 1.54) is 5.69 Å². The number of nitrogens with zero attached hydrogens (tertiary/aromatic N) is 4. The molecule has 116 valence electrons. The maximum atomic E-state index is 12.5. The first-order valence-corrected chi connectivity index (χ1v) is 7.65. The van der Waals surface area contributed by atoms with E-state index in [-0.39, 0.29) is 5.91 Å². The Kier molecular flexibility index (Phi) is 3.88. The van der Waals surface area contributed by atoms with E-state index in [0.29, 0.717) is 0 Å². The Balaban J connectivity index is 1.67. The number of piperazine rings is 1. The van der Waals surface area contributed by atoms with Crippen LogP contribution < -0.4 is 4.90 Å². The zero-order chi connectivity index (χ0) is 15.7. The van der Waals surface area contributed by atoms with Crippen LogP contribution in [-0.2, 0) is 7.05 Å². The summed E-state index contributed by atoms with van der Waals surface area (Å²) >= 11 is 0. The number of aryl methyl sites for hydroxylation is 3. The Bertz CT molecular complexity index is 663. The number of pyridine rings is 1. The number of carbonyl (C=O) groups is 1. The molecule has 22 heavy (non-hydrogen) atoms. The summed E-state index contributed by atoms with van der Waals surface area (Å²) in [5, 5.41) is 0. The second-order valence-electron chi connectivity index (χ2n) is 5.89. The summed E-state index contributed by atoms with van der Waals surface area (Å²) in [5.74, 6) is 0.120. The minimum absolute atomic E-state index is 0.120. The van der Waals surface area contributed by atoms with Gasteiger partial charge in [-0.25, -0.2) is 0 Å². The summed E-state index contributed by atoms with van der Waals surface area (Å²) in [4.78, 5) is 21.2. The second-order valence-corrected chi connectivity index (χ2v) is 5.89. The van der Waals surface area contributed by atoms with Gasteiger partial charge < -0.3 is 14.4 Å². The number of hydrogen-bond donors (Lipinski definition) is 0. The summed E-state index contributed by atoms with van der Waals surface area (Å²) < 4.78 is 1.88. The highest BCUT2D eigenvalue weighted by Crippen LogP contribution is 2.19. The SMILES string of the molecule is Cc1cc(N2CCN(C(=O)c3cccn3C)CC2)cc(C)n1. The molecule has 0 radical (unpaired) electrons. The van der Waals surface area contributed by atoms with Gasteiger partial charge in [0.1, 0.15) is 5.69 Å². The lowest BCUT2D eigenvalue weighted by Gasteiger charge is -2.36. The highest BCUT2D eigenvalue weighted by atomic mass is 16.2. The van der Waals surface area contributed by atoms with Gasteiger partial charge in [-0.1, -0.05) is 0 Å². The minimum Gasteiger partial charge on any atom is -0.368 e. The third-order valence-electron chi connectivity index (χ3n) is 4.16. The first kappa shape index (κ1) is 14.6. The van der Waals surface area contributed by atoms with E-state index in [1.807, 2.05) is 48.7 Å². The Morgan fingerprint density at radius 2 is 1.73 bits per heavy atom. The van der Waals surface area contributed by atoms with E-state index in [1.54, 1.807) is 0 Å². The molecule has 1 aliphatic rings. The molecule has 5 nitrogen and oxygen atoms in total. The van der Waals surface area contributed by atoms with Gasteiger partial charge >= 0.3 is 0 Å². The lowest BCUT2D eigenvalue weighted by Crippen LogP contribution is -2.49. The smallest absolute Gasteiger partial charge is 0.270 e. The fourth-order valence-electron chi connectivity index (χ4n) is 3.01. The monoisotopic (exact) mass is 298 g/mol. The molecule has 5 heteroatoms.